The molecule has 0 spiro atoms. The summed E-state index contributed by atoms with van der Waals surface area (Å²) in [4.78, 5) is 16.1. The van der Waals surface area contributed by atoms with Gasteiger partial charge in [0, 0.05) is 25.4 Å². The van der Waals surface area contributed by atoms with Gasteiger partial charge in [0.25, 0.3) is 0 Å². The molecule has 0 aliphatic carbocycles. The lowest BCUT2D eigenvalue weighted by Gasteiger charge is -2.02. The number of Topliss-reactive ketones (excluding diaryl/α,β-unsaturated/α-hetero) is 1. The fourth-order valence-electron chi connectivity index (χ4n) is 1.74. The fourth-order valence-corrected chi connectivity index (χ4v) is 1.74. The minimum absolute atomic E-state index is 0.0226. The van der Waals surface area contributed by atoms with Gasteiger partial charge >= 0.3 is 0 Å². The number of nitrogens with zero attached hydrogens (tertiary/aromatic N) is 2. The first kappa shape index (κ1) is 11.6. The lowest BCUT2D eigenvalue weighted by molar-refractivity contribution is 0.0961. The van der Waals surface area contributed by atoms with E-state index in [9.17, 15) is 4.79 Å². The maximum Gasteiger partial charge on any atom is 0.205 e. The highest BCUT2D eigenvalue weighted by Gasteiger charge is 2.14. The number of aromatic nitrogens is 2. The summed E-state index contributed by atoms with van der Waals surface area (Å²) in [5, 5.41) is 0. The number of hydrogen-bond donors (Lipinski definition) is 0. The Kier molecular flexibility index (Phi) is 3.42. The number of rotatable bonds is 5. The molecule has 17 heavy (non-hydrogen) atoms. The molecule has 0 aliphatic heterocycles. The normalized spacial score (nSPS) is 10.7. The van der Waals surface area contributed by atoms with Gasteiger partial charge in [-0.2, -0.15) is 0 Å². The molecular weight excluding hydrogens is 216 g/mol. The van der Waals surface area contributed by atoms with E-state index in [1.165, 1.54) is 0 Å². The summed E-state index contributed by atoms with van der Waals surface area (Å²) in [5.74, 6) is 2.03. The number of ketones is 1. The average Bonchev–Trinajstić information content (AvgIpc) is 2.96. The van der Waals surface area contributed by atoms with Gasteiger partial charge in [-0.1, -0.05) is 6.92 Å². The molecular formula is C13H16N2O2. The van der Waals surface area contributed by atoms with Crippen molar-refractivity contribution < 1.29 is 9.21 Å². The first-order valence-corrected chi connectivity index (χ1v) is 5.86. The third-order valence-corrected chi connectivity index (χ3v) is 2.75. The molecule has 2 aromatic heterocycles. The second kappa shape index (κ2) is 4.99. The molecule has 0 bridgehead atoms. The number of aryl methyl sites for hydroxylation is 2. The predicted octanol–water partition coefficient (Wildman–Crippen LogP) is 2.48. The van der Waals surface area contributed by atoms with E-state index in [2.05, 4.69) is 4.98 Å². The van der Waals surface area contributed by atoms with E-state index in [1.807, 2.05) is 30.7 Å². The standard InChI is InChI=1S/C13H16N2O2/c1-3-10-5-6-12(17-10)11(16)9-13-14-7-8-15(13)4-2/h5-8H,3-4,9H2,1-2H3. The van der Waals surface area contributed by atoms with E-state index < -0.39 is 0 Å². The van der Waals surface area contributed by atoms with Crippen molar-refractivity contribution in [2.75, 3.05) is 0 Å². The molecule has 0 amide bonds. The van der Waals surface area contributed by atoms with Gasteiger partial charge < -0.3 is 8.98 Å². The third-order valence-electron chi connectivity index (χ3n) is 2.75. The van der Waals surface area contributed by atoms with Crippen LogP contribution in [0.1, 0.15) is 36.0 Å². The second-order valence-corrected chi connectivity index (χ2v) is 3.85. The molecule has 2 rings (SSSR count). The molecule has 4 heteroatoms. The van der Waals surface area contributed by atoms with Crippen molar-refractivity contribution in [3.8, 4) is 0 Å². The van der Waals surface area contributed by atoms with Gasteiger partial charge in [-0.25, -0.2) is 4.98 Å². The molecule has 0 saturated heterocycles. The zero-order valence-corrected chi connectivity index (χ0v) is 10.1. The lowest BCUT2D eigenvalue weighted by Crippen LogP contribution is -2.08. The number of imidazole rings is 1. The Morgan fingerprint density at radius 3 is 2.88 bits per heavy atom. The fraction of sp³-hybridized carbons (Fsp3) is 0.385. The van der Waals surface area contributed by atoms with Crippen LogP contribution in [0.4, 0.5) is 0 Å². The van der Waals surface area contributed by atoms with E-state index >= 15 is 0 Å². The van der Waals surface area contributed by atoms with Crippen molar-refractivity contribution in [2.45, 2.75) is 33.2 Å². The Hall–Kier alpha value is -1.84. The molecule has 0 N–H and O–H groups in total. The number of carbonyl (C=O) groups is 1. The van der Waals surface area contributed by atoms with E-state index in [4.69, 9.17) is 4.42 Å². The van der Waals surface area contributed by atoms with Crippen LogP contribution < -0.4 is 0 Å². The van der Waals surface area contributed by atoms with Crippen molar-refractivity contribution in [1.82, 2.24) is 9.55 Å². The van der Waals surface area contributed by atoms with Gasteiger partial charge in [0.05, 0.1) is 6.42 Å². The Bertz CT molecular complexity index is 511. The van der Waals surface area contributed by atoms with Crippen LogP contribution in [0.2, 0.25) is 0 Å². The van der Waals surface area contributed by atoms with Gasteiger partial charge in [0.2, 0.25) is 5.78 Å². The van der Waals surface area contributed by atoms with Crippen LogP contribution in [-0.4, -0.2) is 15.3 Å². The van der Waals surface area contributed by atoms with Crippen molar-refractivity contribution in [3.05, 3.63) is 41.9 Å². The van der Waals surface area contributed by atoms with Crippen LogP contribution in [0.15, 0.2) is 28.9 Å². The highest BCUT2D eigenvalue weighted by molar-refractivity contribution is 5.94. The highest BCUT2D eigenvalue weighted by atomic mass is 16.3. The molecule has 2 heterocycles. The third kappa shape index (κ3) is 2.46. The zero-order valence-electron chi connectivity index (χ0n) is 10.1. The van der Waals surface area contributed by atoms with E-state index in [-0.39, 0.29) is 12.2 Å². The Balaban J connectivity index is 2.11. The number of hydrogen-bond acceptors (Lipinski definition) is 3. The van der Waals surface area contributed by atoms with Crippen molar-refractivity contribution in [3.63, 3.8) is 0 Å². The van der Waals surface area contributed by atoms with Crippen LogP contribution in [-0.2, 0) is 19.4 Å². The summed E-state index contributed by atoms with van der Waals surface area (Å²) >= 11 is 0. The van der Waals surface area contributed by atoms with Crippen LogP contribution in [0.25, 0.3) is 0 Å². The predicted molar refractivity (Wildman–Crippen MR) is 64.0 cm³/mol. The quantitative estimate of drug-likeness (QED) is 0.744. The molecule has 0 aliphatic rings. The summed E-state index contributed by atoms with van der Waals surface area (Å²) in [6.45, 7) is 4.84. The molecule has 0 radical (unpaired) electrons. The summed E-state index contributed by atoms with van der Waals surface area (Å²) in [5.41, 5.74) is 0. The SMILES string of the molecule is CCc1ccc(C(=O)Cc2nccn2CC)o1. The molecule has 0 unspecified atom stereocenters. The summed E-state index contributed by atoms with van der Waals surface area (Å²) < 4.78 is 7.39. The van der Waals surface area contributed by atoms with Gasteiger partial charge in [-0.15, -0.1) is 0 Å². The first-order chi connectivity index (χ1) is 8.24. The monoisotopic (exact) mass is 232 g/mol. The second-order valence-electron chi connectivity index (χ2n) is 3.85. The molecule has 4 nitrogen and oxygen atoms in total. The van der Waals surface area contributed by atoms with Crippen molar-refractivity contribution >= 4 is 5.78 Å². The maximum absolute atomic E-state index is 12.0. The van der Waals surface area contributed by atoms with Gasteiger partial charge in [0.1, 0.15) is 11.6 Å². The van der Waals surface area contributed by atoms with Crippen molar-refractivity contribution in [1.29, 1.82) is 0 Å². The number of furan rings is 1. The molecule has 0 fully saturated rings. The minimum atomic E-state index is -0.0226. The highest BCUT2D eigenvalue weighted by Crippen LogP contribution is 2.11. The minimum Gasteiger partial charge on any atom is -0.458 e. The van der Waals surface area contributed by atoms with E-state index in [0.717, 1.165) is 24.6 Å². The van der Waals surface area contributed by atoms with Crippen LogP contribution >= 0.6 is 0 Å². The van der Waals surface area contributed by atoms with Crippen LogP contribution in [0.5, 0.6) is 0 Å². The molecule has 90 valence electrons. The average molecular weight is 232 g/mol. The summed E-state index contributed by atoms with van der Waals surface area (Å²) in [6, 6.07) is 3.58. The molecule has 0 aromatic carbocycles. The van der Waals surface area contributed by atoms with Crippen LogP contribution in [0, 0.1) is 0 Å². The van der Waals surface area contributed by atoms with Gasteiger partial charge in [0.15, 0.2) is 5.76 Å². The largest absolute Gasteiger partial charge is 0.458 e. The summed E-state index contributed by atoms with van der Waals surface area (Å²) in [6.07, 6.45) is 4.68. The maximum atomic E-state index is 12.0. The number of carbonyl (C=O) groups excluding carboxylic acids is 1. The van der Waals surface area contributed by atoms with E-state index in [0.29, 0.717) is 5.76 Å². The van der Waals surface area contributed by atoms with E-state index in [1.54, 1.807) is 12.3 Å². The first-order valence-electron chi connectivity index (χ1n) is 5.86. The van der Waals surface area contributed by atoms with Crippen molar-refractivity contribution in [2.24, 2.45) is 0 Å². The summed E-state index contributed by atoms with van der Waals surface area (Å²) in [7, 11) is 0. The smallest absolute Gasteiger partial charge is 0.205 e. The van der Waals surface area contributed by atoms with Gasteiger partial charge in [-0.05, 0) is 19.1 Å². The van der Waals surface area contributed by atoms with Crippen LogP contribution in [0.3, 0.4) is 0 Å². The zero-order chi connectivity index (χ0) is 12.3. The Morgan fingerprint density at radius 2 is 2.24 bits per heavy atom. The lowest BCUT2D eigenvalue weighted by atomic mass is 10.2. The topological polar surface area (TPSA) is 48.0 Å². The Morgan fingerprint density at radius 1 is 1.41 bits per heavy atom. The molecule has 0 saturated carbocycles. The van der Waals surface area contributed by atoms with Gasteiger partial charge in [-0.3, -0.25) is 4.79 Å². The Labute approximate surface area is 100 Å². The molecule has 2 aromatic rings. The molecule has 0 atom stereocenters.